The Morgan fingerprint density at radius 2 is 2.35 bits per heavy atom. The van der Waals surface area contributed by atoms with Crippen LogP contribution >= 0.6 is 11.6 Å². The highest BCUT2D eigenvalue weighted by atomic mass is 35.5. The van der Waals surface area contributed by atoms with Crippen LogP contribution in [-0.2, 0) is 11.3 Å². The van der Waals surface area contributed by atoms with E-state index in [1.54, 1.807) is 12.4 Å². The molecule has 0 N–H and O–H groups in total. The molecule has 2 aromatic rings. The van der Waals surface area contributed by atoms with Gasteiger partial charge in [0.2, 0.25) is 0 Å². The van der Waals surface area contributed by atoms with Crippen LogP contribution in [-0.4, -0.2) is 27.7 Å². The Hall–Kier alpha value is -1.13. The molecular weight excluding hydrogens is 274 g/mol. The summed E-state index contributed by atoms with van der Waals surface area (Å²) < 4.78 is 7.88. The molecule has 108 valence electrons. The SMILES string of the molecule is CC(Cl)c1nc2cnccc2n1CCCOCC1CC1. The molecule has 0 radical (unpaired) electrons. The minimum atomic E-state index is -0.102. The molecule has 0 saturated heterocycles. The van der Waals surface area contributed by atoms with Crippen LogP contribution in [0.25, 0.3) is 11.0 Å². The third kappa shape index (κ3) is 3.13. The second-order valence-corrected chi connectivity index (χ2v) is 6.13. The second kappa shape index (κ2) is 6.10. The van der Waals surface area contributed by atoms with Crippen LogP contribution in [0.2, 0.25) is 0 Å². The van der Waals surface area contributed by atoms with Crippen molar-refractivity contribution in [2.75, 3.05) is 13.2 Å². The largest absolute Gasteiger partial charge is 0.381 e. The monoisotopic (exact) mass is 293 g/mol. The average Bonchev–Trinajstić information content (AvgIpc) is 3.19. The summed E-state index contributed by atoms with van der Waals surface area (Å²) in [5.41, 5.74) is 2.01. The first-order valence-electron chi connectivity index (χ1n) is 7.27. The summed E-state index contributed by atoms with van der Waals surface area (Å²) >= 11 is 6.23. The maximum atomic E-state index is 6.23. The molecule has 2 aromatic heterocycles. The average molecular weight is 294 g/mol. The van der Waals surface area contributed by atoms with Crippen LogP contribution in [0.15, 0.2) is 18.5 Å². The van der Waals surface area contributed by atoms with Gasteiger partial charge in [0.15, 0.2) is 0 Å². The molecule has 0 spiro atoms. The Bertz CT molecular complexity index is 578. The van der Waals surface area contributed by atoms with Crippen LogP contribution in [0.1, 0.15) is 37.4 Å². The molecule has 2 heterocycles. The lowest BCUT2D eigenvalue weighted by Crippen LogP contribution is -2.08. The van der Waals surface area contributed by atoms with Gasteiger partial charge >= 0.3 is 0 Å². The van der Waals surface area contributed by atoms with Gasteiger partial charge < -0.3 is 9.30 Å². The van der Waals surface area contributed by atoms with E-state index in [2.05, 4.69) is 14.5 Å². The number of hydrogen-bond donors (Lipinski definition) is 0. The Morgan fingerprint density at radius 1 is 1.50 bits per heavy atom. The van der Waals surface area contributed by atoms with Gasteiger partial charge in [-0.3, -0.25) is 4.98 Å². The summed E-state index contributed by atoms with van der Waals surface area (Å²) in [5, 5.41) is -0.102. The van der Waals surface area contributed by atoms with Crippen molar-refractivity contribution in [3.8, 4) is 0 Å². The van der Waals surface area contributed by atoms with Crippen molar-refractivity contribution >= 4 is 22.6 Å². The fraction of sp³-hybridized carbons (Fsp3) is 0.600. The number of rotatable bonds is 7. The lowest BCUT2D eigenvalue weighted by Gasteiger charge is -2.10. The molecule has 1 unspecified atom stereocenters. The number of alkyl halides is 1. The van der Waals surface area contributed by atoms with E-state index in [9.17, 15) is 0 Å². The lowest BCUT2D eigenvalue weighted by molar-refractivity contribution is 0.119. The van der Waals surface area contributed by atoms with E-state index in [-0.39, 0.29) is 5.38 Å². The number of nitrogens with zero attached hydrogens (tertiary/aromatic N) is 3. The van der Waals surface area contributed by atoms with Crippen LogP contribution in [0.3, 0.4) is 0 Å². The van der Waals surface area contributed by atoms with E-state index in [1.165, 1.54) is 12.8 Å². The minimum Gasteiger partial charge on any atom is -0.381 e. The topological polar surface area (TPSA) is 39.9 Å². The van der Waals surface area contributed by atoms with Crippen molar-refractivity contribution in [2.24, 2.45) is 5.92 Å². The van der Waals surface area contributed by atoms with Crippen LogP contribution in [0.4, 0.5) is 0 Å². The highest BCUT2D eigenvalue weighted by Gasteiger charge is 2.21. The number of fused-ring (bicyclic) bond motifs is 1. The van der Waals surface area contributed by atoms with E-state index in [0.29, 0.717) is 0 Å². The Balaban J connectivity index is 1.66. The number of aryl methyl sites for hydroxylation is 1. The van der Waals surface area contributed by atoms with E-state index in [1.807, 2.05) is 13.0 Å². The summed E-state index contributed by atoms with van der Waals surface area (Å²) in [7, 11) is 0. The number of pyridine rings is 1. The van der Waals surface area contributed by atoms with Crippen LogP contribution < -0.4 is 0 Å². The Kier molecular flexibility index (Phi) is 4.22. The molecule has 0 amide bonds. The van der Waals surface area contributed by atoms with Gasteiger partial charge in [-0.05, 0) is 38.2 Å². The third-order valence-electron chi connectivity index (χ3n) is 3.66. The fourth-order valence-corrected chi connectivity index (χ4v) is 2.56. The van der Waals surface area contributed by atoms with Crippen molar-refractivity contribution in [3.63, 3.8) is 0 Å². The van der Waals surface area contributed by atoms with Crippen molar-refractivity contribution in [2.45, 2.75) is 38.1 Å². The smallest absolute Gasteiger partial charge is 0.127 e. The minimum absolute atomic E-state index is 0.102. The van der Waals surface area contributed by atoms with Gasteiger partial charge in [0.1, 0.15) is 11.3 Å². The van der Waals surface area contributed by atoms with Crippen molar-refractivity contribution < 1.29 is 4.74 Å². The molecule has 20 heavy (non-hydrogen) atoms. The number of halogens is 1. The fourth-order valence-electron chi connectivity index (χ4n) is 2.40. The summed E-state index contributed by atoms with van der Waals surface area (Å²) in [4.78, 5) is 8.70. The predicted molar refractivity (Wildman–Crippen MR) is 80.0 cm³/mol. The Morgan fingerprint density at radius 3 is 3.10 bits per heavy atom. The number of aromatic nitrogens is 3. The zero-order chi connectivity index (χ0) is 13.9. The van der Waals surface area contributed by atoms with Gasteiger partial charge in [-0.15, -0.1) is 11.6 Å². The predicted octanol–water partition coefficient (Wildman–Crippen LogP) is 3.55. The molecule has 1 fully saturated rings. The standard InChI is InChI=1S/C15H20ClN3O/c1-11(16)15-18-13-9-17-6-5-14(13)19(15)7-2-8-20-10-12-3-4-12/h5-6,9,11-12H,2-4,7-8,10H2,1H3. The summed E-state index contributed by atoms with van der Waals surface area (Å²) in [6.07, 6.45) is 7.25. The van der Waals surface area contributed by atoms with Gasteiger partial charge in [0, 0.05) is 26.0 Å². The summed E-state index contributed by atoms with van der Waals surface area (Å²) in [6.45, 7) is 4.57. The summed E-state index contributed by atoms with van der Waals surface area (Å²) in [6, 6.07) is 2.00. The van der Waals surface area contributed by atoms with Gasteiger partial charge in [0.05, 0.1) is 17.1 Å². The second-order valence-electron chi connectivity index (χ2n) is 5.47. The molecular formula is C15H20ClN3O. The van der Waals surface area contributed by atoms with Crippen LogP contribution in [0, 0.1) is 5.92 Å². The molecule has 1 saturated carbocycles. The maximum absolute atomic E-state index is 6.23. The first-order chi connectivity index (χ1) is 9.75. The molecule has 4 nitrogen and oxygen atoms in total. The summed E-state index contributed by atoms with van der Waals surface area (Å²) in [5.74, 6) is 1.74. The molecule has 1 aliphatic carbocycles. The normalized spacial score (nSPS) is 16.7. The molecule has 1 aliphatic rings. The quantitative estimate of drug-likeness (QED) is 0.579. The zero-order valence-corrected chi connectivity index (χ0v) is 12.5. The van der Waals surface area contributed by atoms with E-state index in [0.717, 1.165) is 49.0 Å². The highest BCUT2D eigenvalue weighted by Crippen LogP contribution is 2.29. The van der Waals surface area contributed by atoms with Gasteiger partial charge in [-0.1, -0.05) is 0 Å². The molecule has 5 heteroatoms. The zero-order valence-electron chi connectivity index (χ0n) is 11.8. The number of hydrogen-bond acceptors (Lipinski definition) is 3. The van der Waals surface area contributed by atoms with E-state index in [4.69, 9.17) is 16.3 Å². The van der Waals surface area contributed by atoms with Crippen LogP contribution in [0.5, 0.6) is 0 Å². The molecule has 0 aromatic carbocycles. The number of ether oxygens (including phenoxy) is 1. The molecule has 1 atom stereocenters. The molecule has 0 aliphatic heterocycles. The highest BCUT2D eigenvalue weighted by molar-refractivity contribution is 6.20. The van der Waals surface area contributed by atoms with Crippen molar-refractivity contribution in [1.29, 1.82) is 0 Å². The van der Waals surface area contributed by atoms with Gasteiger partial charge in [-0.25, -0.2) is 4.98 Å². The number of imidazole rings is 1. The first-order valence-corrected chi connectivity index (χ1v) is 7.71. The maximum Gasteiger partial charge on any atom is 0.127 e. The molecule has 0 bridgehead atoms. The van der Waals surface area contributed by atoms with E-state index < -0.39 is 0 Å². The van der Waals surface area contributed by atoms with Crippen molar-refractivity contribution in [1.82, 2.24) is 14.5 Å². The van der Waals surface area contributed by atoms with E-state index >= 15 is 0 Å². The Labute approximate surface area is 124 Å². The van der Waals surface area contributed by atoms with Gasteiger partial charge in [-0.2, -0.15) is 0 Å². The first kappa shape index (κ1) is 13.8. The van der Waals surface area contributed by atoms with Crippen molar-refractivity contribution in [3.05, 3.63) is 24.3 Å². The molecule has 3 rings (SSSR count). The third-order valence-corrected chi connectivity index (χ3v) is 3.85. The van der Waals surface area contributed by atoms with Gasteiger partial charge in [0.25, 0.3) is 0 Å². The lowest BCUT2D eigenvalue weighted by atomic mass is 10.3.